The number of likely N-dealkylation sites (tertiary alicyclic amines) is 1. The number of carbonyl (C=O) groups excluding carboxylic acids is 2. The molecular weight excluding hydrogens is 338 g/mol. The van der Waals surface area contributed by atoms with Crippen molar-refractivity contribution in [2.45, 2.75) is 78.7 Å². The first-order valence-corrected chi connectivity index (χ1v) is 10.8. The van der Waals surface area contributed by atoms with Crippen LogP contribution in [0.3, 0.4) is 0 Å². The van der Waals surface area contributed by atoms with Gasteiger partial charge in [0.15, 0.2) is 0 Å². The highest BCUT2D eigenvalue weighted by molar-refractivity contribution is 5.80. The Morgan fingerprint density at radius 1 is 1.30 bits per heavy atom. The third-order valence-corrected chi connectivity index (χ3v) is 8.88. The second-order valence-corrected chi connectivity index (χ2v) is 10.4. The van der Waals surface area contributed by atoms with E-state index < -0.39 is 5.60 Å². The van der Waals surface area contributed by atoms with E-state index in [1.54, 1.807) is 6.92 Å². The highest BCUT2D eigenvalue weighted by Gasteiger charge is 2.66. The van der Waals surface area contributed by atoms with E-state index in [0.717, 1.165) is 31.4 Å². The summed E-state index contributed by atoms with van der Waals surface area (Å²) in [6.45, 7) is 11.0. The summed E-state index contributed by atoms with van der Waals surface area (Å²) in [5.41, 5.74) is 0.0636. The van der Waals surface area contributed by atoms with E-state index in [-0.39, 0.29) is 34.4 Å². The minimum Gasteiger partial charge on any atom is -0.390 e. The fourth-order valence-electron chi connectivity index (χ4n) is 8.25. The number of nitrogens with zero attached hydrogens (tertiary/aromatic N) is 1. The van der Waals surface area contributed by atoms with Crippen molar-refractivity contribution in [3.8, 4) is 0 Å². The largest absolute Gasteiger partial charge is 0.390 e. The van der Waals surface area contributed by atoms with E-state index in [9.17, 15) is 14.7 Å². The van der Waals surface area contributed by atoms with Crippen LogP contribution in [-0.4, -0.2) is 33.8 Å². The number of amides is 1. The molecule has 4 heteroatoms. The van der Waals surface area contributed by atoms with Crippen LogP contribution in [0.1, 0.15) is 73.1 Å². The average molecular weight is 374 g/mol. The molecule has 0 aromatic carbocycles. The van der Waals surface area contributed by atoms with Gasteiger partial charge in [0.05, 0.1) is 5.60 Å². The molecule has 2 saturated carbocycles. The van der Waals surface area contributed by atoms with Crippen molar-refractivity contribution in [3.05, 3.63) is 11.8 Å². The Balaban J connectivity index is 1.80. The van der Waals surface area contributed by atoms with Crippen molar-refractivity contribution >= 4 is 11.7 Å². The van der Waals surface area contributed by atoms with Crippen LogP contribution in [0.5, 0.6) is 0 Å². The normalized spacial score (nSPS) is 49.2. The summed E-state index contributed by atoms with van der Waals surface area (Å²) >= 11 is 0. The number of hydrogen-bond donors (Lipinski definition) is 1. The van der Waals surface area contributed by atoms with E-state index in [2.05, 4.69) is 19.9 Å². The third-order valence-electron chi connectivity index (χ3n) is 8.88. The van der Waals surface area contributed by atoms with Gasteiger partial charge in [-0.1, -0.05) is 19.9 Å². The van der Waals surface area contributed by atoms with Crippen LogP contribution in [0.4, 0.5) is 0 Å². The summed E-state index contributed by atoms with van der Waals surface area (Å²) in [5.74, 6) is 1.61. The number of Topliss-reactive ketones (excluding diaryl/α,β-unsaturated/α-hetero) is 1. The van der Waals surface area contributed by atoms with Crippen LogP contribution < -0.4 is 0 Å². The van der Waals surface area contributed by atoms with Crippen molar-refractivity contribution in [3.63, 3.8) is 0 Å². The predicted molar refractivity (Wildman–Crippen MR) is 105 cm³/mol. The van der Waals surface area contributed by atoms with Crippen LogP contribution in [0.2, 0.25) is 0 Å². The molecule has 150 valence electrons. The maximum absolute atomic E-state index is 12.5. The third kappa shape index (κ3) is 2.44. The molecule has 27 heavy (non-hydrogen) atoms. The molecule has 0 radical (unpaired) electrons. The zero-order chi connectivity index (χ0) is 19.8. The average Bonchev–Trinajstić information content (AvgIpc) is 2.90. The zero-order valence-electron chi connectivity index (χ0n) is 17.5. The van der Waals surface area contributed by atoms with Gasteiger partial charge in [0.2, 0.25) is 5.91 Å². The van der Waals surface area contributed by atoms with Gasteiger partial charge in [-0.25, -0.2) is 0 Å². The van der Waals surface area contributed by atoms with Gasteiger partial charge in [0.25, 0.3) is 0 Å². The standard InChI is InChI=1S/C23H35NO3/c1-6-24-18-10-7-15-17-9-8-16(14(2)25)22(17,4)13-23(5,27)20(15)21(18,3)12-11-19(24)26/h10,15-17,20,27H,6-9,11-13H2,1-5H3. The summed E-state index contributed by atoms with van der Waals surface area (Å²) in [4.78, 5) is 26.8. The second kappa shape index (κ2) is 5.92. The molecule has 7 atom stereocenters. The van der Waals surface area contributed by atoms with Gasteiger partial charge >= 0.3 is 0 Å². The lowest BCUT2D eigenvalue weighted by Gasteiger charge is -2.63. The van der Waals surface area contributed by atoms with E-state index in [4.69, 9.17) is 0 Å². The van der Waals surface area contributed by atoms with Crippen molar-refractivity contribution in [1.82, 2.24) is 4.90 Å². The fraction of sp³-hybridized carbons (Fsp3) is 0.826. The van der Waals surface area contributed by atoms with Gasteiger partial charge in [-0.15, -0.1) is 0 Å². The summed E-state index contributed by atoms with van der Waals surface area (Å²) in [5, 5.41) is 11.8. The molecule has 0 aromatic heterocycles. The molecule has 7 unspecified atom stereocenters. The van der Waals surface area contributed by atoms with Crippen LogP contribution in [-0.2, 0) is 9.59 Å². The number of aliphatic hydroxyl groups is 1. The topological polar surface area (TPSA) is 57.6 Å². The van der Waals surface area contributed by atoms with Crippen molar-refractivity contribution in [2.75, 3.05) is 6.54 Å². The molecule has 4 nitrogen and oxygen atoms in total. The maximum Gasteiger partial charge on any atom is 0.226 e. The molecule has 1 aliphatic heterocycles. The lowest BCUT2D eigenvalue weighted by Crippen LogP contribution is -2.63. The highest BCUT2D eigenvalue weighted by Crippen LogP contribution is 2.68. The van der Waals surface area contributed by atoms with Crippen molar-refractivity contribution < 1.29 is 14.7 Å². The monoisotopic (exact) mass is 373 g/mol. The Kier molecular flexibility index (Phi) is 4.20. The van der Waals surface area contributed by atoms with Crippen molar-refractivity contribution in [2.24, 2.45) is 34.5 Å². The smallest absolute Gasteiger partial charge is 0.226 e. The predicted octanol–water partition coefficient (Wildman–Crippen LogP) is 3.93. The number of rotatable bonds is 2. The first-order valence-electron chi connectivity index (χ1n) is 10.8. The van der Waals surface area contributed by atoms with Crippen LogP contribution >= 0.6 is 0 Å². The van der Waals surface area contributed by atoms with E-state index in [1.807, 2.05) is 18.7 Å². The van der Waals surface area contributed by atoms with Crippen LogP contribution in [0.25, 0.3) is 0 Å². The number of ketones is 1. The summed E-state index contributed by atoms with van der Waals surface area (Å²) in [6, 6.07) is 0. The molecule has 0 bridgehead atoms. The molecule has 0 aromatic rings. The van der Waals surface area contributed by atoms with Crippen LogP contribution in [0, 0.1) is 34.5 Å². The molecule has 1 saturated heterocycles. The van der Waals surface area contributed by atoms with Crippen LogP contribution in [0.15, 0.2) is 11.8 Å². The van der Waals surface area contributed by atoms with Gasteiger partial charge in [-0.3, -0.25) is 9.59 Å². The Labute approximate surface area is 163 Å². The molecule has 4 rings (SSSR count). The maximum atomic E-state index is 12.5. The van der Waals surface area contributed by atoms with Gasteiger partial charge in [-0.05, 0) is 70.1 Å². The number of hydrogen-bond acceptors (Lipinski definition) is 3. The molecule has 1 N–H and O–H groups in total. The van der Waals surface area contributed by atoms with E-state index >= 15 is 0 Å². The highest BCUT2D eigenvalue weighted by atomic mass is 16.3. The Hall–Kier alpha value is -1.16. The first kappa shape index (κ1) is 19.2. The van der Waals surface area contributed by atoms with Gasteiger partial charge < -0.3 is 10.0 Å². The SMILES string of the molecule is CCN1C(=O)CCC2(C)C1=CCC1C2C(C)(O)CC2(C)C(C(C)=O)CCC12. The molecule has 1 amide bonds. The molecular formula is C23H35NO3. The second-order valence-electron chi connectivity index (χ2n) is 10.4. The van der Waals surface area contributed by atoms with Gasteiger partial charge in [0.1, 0.15) is 5.78 Å². The molecule has 0 spiro atoms. The minimum atomic E-state index is -0.817. The Bertz CT molecular complexity index is 710. The fourth-order valence-corrected chi connectivity index (χ4v) is 8.25. The number of allylic oxidation sites excluding steroid dienone is 2. The minimum absolute atomic E-state index is 0.0770. The molecule has 3 fully saturated rings. The number of piperidine rings is 1. The quantitative estimate of drug-likeness (QED) is 0.798. The molecule has 1 heterocycles. The molecule has 4 aliphatic rings. The summed E-state index contributed by atoms with van der Waals surface area (Å²) in [6.07, 6.45) is 7.35. The van der Waals surface area contributed by atoms with E-state index in [0.29, 0.717) is 31.2 Å². The summed E-state index contributed by atoms with van der Waals surface area (Å²) < 4.78 is 0. The van der Waals surface area contributed by atoms with Crippen molar-refractivity contribution in [1.29, 1.82) is 0 Å². The van der Waals surface area contributed by atoms with E-state index in [1.165, 1.54) is 0 Å². The summed E-state index contributed by atoms with van der Waals surface area (Å²) in [7, 11) is 0. The lowest BCUT2D eigenvalue weighted by molar-refractivity contribution is -0.185. The van der Waals surface area contributed by atoms with Gasteiger partial charge in [-0.2, -0.15) is 0 Å². The first-order chi connectivity index (χ1) is 12.6. The molecule has 3 aliphatic carbocycles. The van der Waals surface area contributed by atoms with Gasteiger partial charge in [0, 0.05) is 35.9 Å². The number of carbonyl (C=O) groups is 2. The Morgan fingerprint density at radius 2 is 2.00 bits per heavy atom. The zero-order valence-corrected chi connectivity index (χ0v) is 17.5. The Morgan fingerprint density at radius 3 is 2.63 bits per heavy atom. The number of fused-ring (bicyclic) bond motifs is 5. The lowest BCUT2D eigenvalue weighted by atomic mass is 9.44.